The fourth-order valence-corrected chi connectivity index (χ4v) is 8.55. The lowest BCUT2D eigenvalue weighted by atomic mass is 9.70. The molecule has 0 amide bonds. The highest BCUT2D eigenvalue weighted by molar-refractivity contribution is 6.13. The van der Waals surface area contributed by atoms with Crippen molar-refractivity contribution in [1.82, 2.24) is 9.97 Å². The first-order valence-electron chi connectivity index (χ1n) is 18.2. The molecule has 3 aliphatic rings. The summed E-state index contributed by atoms with van der Waals surface area (Å²) in [5.41, 5.74) is 8.55. The van der Waals surface area contributed by atoms with Gasteiger partial charge in [-0.2, -0.15) is 5.10 Å². The zero-order valence-electron chi connectivity index (χ0n) is 29.5. The van der Waals surface area contributed by atoms with Gasteiger partial charge >= 0.3 is 0 Å². The Labute approximate surface area is 305 Å². The van der Waals surface area contributed by atoms with E-state index in [9.17, 15) is 0 Å². The van der Waals surface area contributed by atoms with Crippen molar-refractivity contribution in [2.24, 2.45) is 5.10 Å². The molecule has 5 aromatic carbocycles. The van der Waals surface area contributed by atoms with E-state index in [2.05, 4.69) is 173 Å². The van der Waals surface area contributed by atoms with Crippen molar-refractivity contribution >= 4 is 45.8 Å². The van der Waals surface area contributed by atoms with E-state index in [1.54, 1.807) is 6.20 Å². The molecule has 6 aromatic rings. The third-order valence-corrected chi connectivity index (χ3v) is 11.1. The normalized spacial score (nSPS) is 18.8. The molecule has 0 bridgehead atoms. The molecule has 0 spiro atoms. The monoisotopic (exact) mass is 679 g/mol. The second-order valence-corrected chi connectivity index (χ2v) is 13.7. The van der Waals surface area contributed by atoms with Crippen LogP contribution in [0.25, 0.3) is 5.57 Å². The van der Waals surface area contributed by atoms with Crippen molar-refractivity contribution in [1.29, 1.82) is 0 Å². The number of anilines is 6. The Morgan fingerprint density at radius 1 is 0.596 bits per heavy atom. The van der Waals surface area contributed by atoms with Gasteiger partial charge in [-0.3, -0.25) is 14.7 Å². The molecule has 9 rings (SSSR count). The van der Waals surface area contributed by atoms with Gasteiger partial charge in [-0.1, -0.05) is 124 Å². The summed E-state index contributed by atoms with van der Waals surface area (Å²) in [4.78, 5) is 17.5. The minimum Gasteiger partial charge on any atom is -0.298 e. The molecule has 0 N–H and O–H groups in total. The second kappa shape index (κ2) is 12.8. The van der Waals surface area contributed by atoms with Gasteiger partial charge in [-0.25, -0.2) is 15.0 Å². The van der Waals surface area contributed by atoms with E-state index in [-0.39, 0.29) is 11.6 Å². The molecule has 2 atom stereocenters. The molecule has 4 heterocycles. The lowest BCUT2D eigenvalue weighted by Crippen LogP contribution is -2.60. The Kier molecular flexibility index (Phi) is 7.84. The van der Waals surface area contributed by atoms with E-state index >= 15 is 0 Å². The summed E-state index contributed by atoms with van der Waals surface area (Å²) in [7, 11) is 0. The van der Waals surface area contributed by atoms with E-state index < -0.39 is 6.17 Å². The van der Waals surface area contributed by atoms with Crippen LogP contribution in [-0.4, -0.2) is 28.1 Å². The van der Waals surface area contributed by atoms with Gasteiger partial charge < -0.3 is 0 Å². The van der Waals surface area contributed by atoms with Gasteiger partial charge in [0.1, 0.15) is 0 Å². The van der Waals surface area contributed by atoms with Crippen LogP contribution in [0.5, 0.6) is 0 Å². The van der Waals surface area contributed by atoms with E-state index in [0.29, 0.717) is 0 Å². The lowest BCUT2D eigenvalue weighted by Gasteiger charge is -2.44. The maximum atomic E-state index is 5.64. The molecule has 3 aliphatic heterocycles. The van der Waals surface area contributed by atoms with Crippen LogP contribution < -0.4 is 19.7 Å². The Morgan fingerprint density at radius 2 is 1.13 bits per heavy atom. The molecule has 2 unspecified atom stereocenters. The molecule has 0 aliphatic carbocycles. The predicted molar refractivity (Wildman–Crippen MR) is 214 cm³/mol. The summed E-state index contributed by atoms with van der Waals surface area (Å²) in [6.45, 7) is 9.46. The SMILES string of the molecule is C=C1CC(CC)(CC)c2ccccc2N2c3nccnc3N(c3ccccc3)C2C2N(N=C(c3ccccc3)N2c2ccccc2)c2ccccc21. The highest BCUT2D eigenvalue weighted by Crippen LogP contribution is 2.54. The number of para-hydroxylation sites is 4. The van der Waals surface area contributed by atoms with Crippen LogP contribution in [0.1, 0.15) is 49.8 Å². The maximum absolute atomic E-state index is 5.64. The number of rotatable bonds is 5. The first kappa shape index (κ1) is 31.7. The largest absolute Gasteiger partial charge is 0.298 e. The minimum absolute atomic E-state index is 0.180. The van der Waals surface area contributed by atoms with Crippen molar-refractivity contribution in [2.45, 2.75) is 50.9 Å². The Morgan fingerprint density at radius 3 is 1.79 bits per heavy atom. The molecule has 7 nitrogen and oxygen atoms in total. The number of hydrogen-bond acceptors (Lipinski definition) is 7. The minimum atomic E-state index is -0.397. The Hall–Kier alpha value is -6.21. The van der Waals surface area contributed by atoms with E-state index in [1.165, 1.54) is 5.56 Å². The number of nitrogens with zero attached hydrogens (tertiary/aromatic N) is 7. The highest BCUT2D eigenvalue weighted by Gasteiger charge is 2.54. The maximum Gasteiger partial charge on any atom is 0.178 e. The number of allylic oxidation sites excluding steroid dienone is 1. The Balaban J connectivity index is 1.42. The van der Waals surface area contributed by atoms with Gasteiger partial charge in [-0.15, -0.1) is 0 Å². The summed E-state index contributed by atoms with van der Waals surface area (Å²) < 4.78 is 0. The molecule has 7 heteroatoms. The highest BCUT2D eigenvalue weighted by atomic mass is 15.7. The van der Waals surface area contributed by atoms with E-state index in [4.69, 9.17) is 21.6 Å². The fraction of sp³-hybridized carbons (Fsp3) is 0.178. The lowest BCUT2D eigenvalue weighted by molar-refractivity contribution is 0.405. The molecule has 52 heavy (non-hydrogen) atoms. The first-order chi connectivity index (χ1) is 25.6. The quantitative estimate of drug-likeness (QED) is 0.181. The smallest absolute Gasteiger partial charge is 0.178 e. The standard InChI is InChI=1S/C45H41N7/c1-4-45(5-2)31-32(3)36-25-15-17-27-38(36)52-44(49(34-21-11-7-12-22-34)40(48-52)33-19-9-6-10-20-33)43-50(35-23-13-8-14-24-35)41-42(47-30-29-46-41)51(43)39-28-18-16-26-37(39)45/h6-30,43-44H,3-5,31H2,1-2H3. The Bertz CT molecular complexity index is 2270. The third kappa shape index (κ3) is 4.91. The first-order valence-corrected chi connectivity index (χ1v) is 18.2. The second-order valence-electron chi connectivity index (χ2n) is 13.7. The van der Waals surface area contributed by atoms with Gasteiger partial charge in [0.05, 0.1) is 5.69 Å². The number of hydrogen-bond donors (Lipinski definition) is 0. The average molecular weight is 680 g/mol. The fourth-order valence-electron chi connectivity index (χ4n) is 8.55. The van der Waals surface area contributed by atoms with Crippen LogP contribution in [0.3, 0.4) is 0 Å². The van der Waals surface area contributed by atoms with E-state index in [0.717, 1.165) is 76.2 Å². The molecular formula is C45H41N7. The van der Waals surface area contributed by atoms with Crippen LogP contribution >= 0.6 is 0 Å². The van der Waals surface area contributed by atoms with Crippen molar-refractivity contribution in [2.75, 3.05) is 19.7 Å². The van der Waals surface area contributed by atoms with Gasteiger partial charge in [0.25, 0.3) is 0 Å². The van der Waals surface area contributed by atoms with Crippen molar-refractivity contribution in [3.05, 3.63) is 175 Å². The number of amidine groups is 1. The van der Waals surface area contributed by atoms with Crippen LogP contribution in [0.15, 0.2) is 164 Å². The van der Waals surface area contributed by atoms with Gasteiger partial charge in [0.15, 0.2) is 29.8 Å². The third-order valence-electron chi connectivity index (χ3n) is 11.1. The zero-order chi connectivity index (χ0) is 35.2. The van der Waals surface area contributed by atoms with Crippen molar-refractivity contribution in [3.8, 4) is 0 Å². The summed E-state index contributed by atoms with van der Waals surface area (Å²) in [5.74, 6) is 2.49. The summed E-state index contributed by atoms with van der Waals surface area (Å²) in [6, 6.07) is 49.4. The number of benzene rings is 5. The number of aromatic nitrogens is 2. The van der Waals surface area contributed by atoms with Crippen LogP contribution in [0.4, 0.5) is 34.4 Å². The van der Waals surface area contributed by atoms with Crippen molar-refractivity contribution in [3.63, 3.8) is 0 Å². The number of fused-ring (bicyclic) bond motifs is 9. The topological polar surface area (TPSA) is 51.1 Å². The molecule has 1 aromatic heterocycles. The summed E-state index contributed by atoms with van der Waals surface area (Å²) >= 11 is 0. The molecule has 0 radical (unpaired) electrons. The number of hydrazone groups is 1. The summed E-state index contributed by atoms with van der Waals surface area (Å²) in [5, 5.41) is 7.88. The van der Waals surface area contributed by atoms with Gasteiger partial charge in [0, 0.05) is 46.0 Å². The molecule has 256 valence electrons. The van der Waals surface area contributed by atoms with Crippen LogP contribution in [0, 0.1) is 0 Å². The van der Waals surface area contributed by atoms with Crippen LogP contribution in [0.2, 0.25) is 0 Å². The molecule has 0 fully saturated rings. The van der Waals surface area contributed by atoms with Gasteiger partial charge in [-0.05, 0) is 66.8 Å². The van der Waals surface area contributed by atoms with Gasteiger partial charge in [0.2, 0.25) is 0 Å². The predicted octanol–water partition coefficient (Wildman–Crippen LogP) is 10.3. The molecule has 0 saturated heterocycles. The molecule has 0 saturated carbocycles. The van der Waals surface area contributed by atoms with Crippen LogP contribution in [-0.2, 0) is 5.41 Å². The summed E-state index contributed by atoms with van der Waals surface area (Å²) in [6.07, 6.45) is 5.56. The zero-order valence-corrected chi connectivity index (χ0v) is 29.5. The van der Waals surface area contributed by atoms with E-state index in [1.807, 2.05) is 6.20 Å². The average Bonchev–Trinajstić information content (AvgIpc) is 3.77. The molecular weight excluding hydrogens is 639 g/mol. The van der Waals surface area contributed by atoms with Crippen molar-refractivity contribution < 1.29 is 0 Å².